The monoisotopic (exact) mass is 547 g/mol. The second-order valence-electron chi connectivity index (χ2n) is 10.8. The molecule has 1 aliphatic rings. The Bertz CT molecular complexity index is 1280. The van der Waals surface area contributed by atoms with E-state index in [0.717, 1.165) is 0 Å². The van der Waals surface area contributed by atoms with Crippen LogP contribution in [0.1, 0.15) is 43.1 Å². The molecule has 0 aliphatic heterocycles. The van der Waals surface area contributed by atoms with Crippen molar-refractivity contribution in [2.24, 2.45) is 11.8 Å². The Labute approximate surface area is 217 Å². The van der Waals surface area contributed by atoms with Crippen molar-refractivity contribution < 1.29 is 28.7 Å². The van der Waals surface area contributed by atoms with Crippen LogP contribution in [-0.4, -0.2) is 61.3 Å². The third kappa shape index (κ3) is 5.69. The number of carbonyl (C=O) groups excluding carboxylic acids is 1. The summed E-state index contributed by atoms with van der Waals surface area (Å²) in [5, 5.41) is 12.5. The van der Waals surface area contributed by atoms with Crippen molar-refractivity contribution in [1.82, 2.24) is 19.5 Å². The van der Waals surface area contributed by atoms with Gasteiger partial charge in [-0.2, -0.15) is 0 Å². The van der Waals surface area contributed by atoms with Gasteiger partial charge in [-0.25, -0.2) is 15.0 Å². The van der Waals surface area contributed by atoms with E-state index in [4.69, 9.17) is 4.52 Å². The number of aliphatic hydroxyl groups is 1. The molecule has 4 N–H and O–H groups in total. The molecule has 0 radical (unpaired) electrons. The molecule has 1 unspecified atom stereocenters. The zero-order chi connectivity index (χ0) is 27.0. The third-order valence-electron chi connectivity index (χ3n) is 7.78. The fourth-order valence-electron chi connectivity index (χ4n) is 5.03. The SMILES string of the molecule is CC(C)(C[C@@H]1[C@H](O[PH](=O)O)[C@@H](CO)C[C@H]1n1cnc2c(NC(=O)c3ccccc3)ncnc21)[Si](C)(C)O. The molecule has 2 aromatic heterocycles. The molecule has 2 heterocycles. The van der Waals surface area contributed by atoms with Crippen LogP contribution in [0.5, 0.6) is 0 Å². The van der Waals surface area contributed by atoms with E-state index in [1.54, 1.807) is 30.6 Å². The number of amides is 1. The van der Waals surface area contributed by atoms with Gasteiger partial charge >= 0.3 is 8.25 Å². The first-order chi connectivity index (χ1) is 17.4. The average molecular weight is 548 g/mol. The first-order valence-electron chi connectivity index (χ1n) is 12.2. The fourth-order valence-corrected chi connectivity index (χ4v) is 6.37. The molecule has 1 aromatic carbocycles. The van der Waals surface area contributed by atoms with Crippen LogP contribution in [0.25, 0.3) is 11.2 Å². The van der Waals surface area contributed by atoms with Gasteiger partial charge in [-0.1, -0.05) is 32.0 Å². The number of hydrogen-bond acceptors (Lipinski definition) is 8. The third-order valence-corrected chi connectivity index (χ3v) is 11.8. The minimum atomic E-state index is -3.27. The van der Waals surface area contributed by atoms with Crippen molar-refractivity contribution in [2.45, 2.75) is 57.0 Å². The molecule has 4 rings (SSSR count). The van der Waals surface area contributed by atoms with Crippen LogP contribution in [0, 0.1) is 11.8 Å². The minimum Gasteiger partial charge on any atom is -0.432 e. The van der Waals surface area contributed by atoms with E-state index in [1.807, 2.05) is 37.6 Å². The summed E-state index contributed by atoms with van der Waals surface area (Å²) in [6, 6.07) is 8.49. The molecule has 1 saturated carbocycles. The van der Waals surface area contributed by atoms with Gasteiger partial charge in [-0.3, -0.25) is 9.36 Å². The van der Waals surface area contributed by atoms with E-state index in [1.165, 1.54) is 6.33 Å². The van der Waals surface area contributed by atoms with Gasteiger partial charge in [0, 0.05) is 30.0 Å². The molecule has 0 saturated heterocycles. The maximum Gasteiger partial charge on any atom is 0.316 e. The summed E-state index contributed by atoms with van der Waals surface area (Å²) in [4.78, 5) is 46.5. The standard InChI is InChI=1S/C24H34N5O6PSi/c1-24(2,37(3,4)34)11-17-18(10-16(12-30)20(17)35-36(32)33)29-14-27-19-21(25-13-26-22(19)29)28-23(31)15-8-6-5-7-9-15/h5-9,13-14,16-18,20,30,34,36H,10-12H2,1-4H3,(H,32,33)(H,25,26,28,31)/t16-,17+,18-,20-/m1/s1. The smallest absolute Gasteiger partial charge is 0.316 e. The Hall–Kier alpha value is -2.47. The van der Waals surface area contributed by atoms with E-state index in [-0.39, 0.29) is 36.2 Å². The Kier molecular flexibility index (Phi) is 7.98. The maximum absolute atomic E-state index is 12.7. The quantitative estimate of drug-likeness (QED) is 0.233. The molecular formula is C24H34N5O6PSi. The average Bonchev–Trinajstić information content (AvgIpc) is 3.40. The molecular weight excluding hydrogens is 513 g/mol. The van der Waals surface area contributed by atoms with Gasteiger partial charge in [0.2, 0.25) is 0 Å². The number of nitrogens with zero attached hydrogens (tertiary/aromatic N) is 4. The van der Waals surface area contributed by atoms with Gasteiger partial charge in [0.25, 0.3) is 5.91 Å². The van der Waals surface area contributed by atoms with Gasteiger partial charge in [-0.15, -0.1) is 0 Å². The van der Waals surface area contributed by atoms with Gasteiger partial charge in [-0.05, 0) is 43.1 Å². The van der Waals surface area contributed by atoms with E-state index < -0.39 is 27.7 Å². The van der Waals surface area contributed by atoms with E-state index in [0.29, 0.717) is 29.6 Å². The van der Waals surface area contributed by atoms with Crippen LogP contribution in [0.2, 0.25) is 18.1 Å². The summed E-state index contributed by atoms with van der Waals surface area (Å²) in [6.07, 6.45) is 3.25. The number of imidazole rings is 1. The largest absolute Gasteiger partial charge is 0.432 e. The second-order valence-corrected chi connectivity index (χ2v) is 16.0. The number of hydrogen-bond donors (Lipinski definition) is 4. The molecule has 1 aliphatic carbocycles. The number of anilines is 1. The van der Waals surface area contributed by atoms with Crippen molar-refractivity contribution >= 4 is 39.5 Å². The Morgan fingerprint density at radius 1 is 1.24 bits per heavy atom. The zero-order valence-electron chi connectivity index (χ0n) is 21.3. The number of nitrogens with one attached hydrogen (secondary N) is 1. The molecule has 11 nitrogen and oxygen atoms in total. The zero-order valence-corrected chi connectivity index (χ0v) is 23.3. The first-order valence-corrected chi connectivity index (χ1v) is 16.4. The van der Waals surface area contributed by atoms with Crippen molar-refractivity contribution in [3.8, 4) is 0 Å². The lowest BCUT2D eigenvalue weighted by Crippen LogP contribution is -2.42. The highest BCUT2D eigenvalue weighted by atomic mass is 31.1. The van der Waals surface area contributed by atoms with Crippen molar-refractivity contribution in [1.29, 1.82) is 0 Å². The van der Waals surface area contributed by atoms with Crippen molar-refractivity contribution in [3.05, 3.63) is 48.5 Å². The summed E-state index contributed by atoms with van der Waals surface area (Å²) in [6.45, 7) is 7.51. The maximum atomic E-state index is 12.7. The van der Waals surface area contributed by atoms with Crippen LogP contribution >= 0.6 is 8.25 Å². The van der Waals surface area contributed by atoms with Crippen LogP contribution in [0.4, 0.5) is 5.82 Å². The lowest BCUT2D eigenvalue weighted by Gasteiger charge is -2.40. The number of aliphatic hydroxyl groups excluding tert-OH is 1. The van der Waals surface area contributed by atoms with Crippen LogP contribution in [0.15, 0.2) is 43.0 Å². The normalized spacial score (nSPS) is 23.3. The van der Waals surface area contributed by atoms with Crippen molar-refractivity contribution in [3.63, 3.8) is 0 Å². The highest BCUT2D eigenvalue weighted by molar-refractivity contribution is 7.32. The molecule has 1 fully saturated rings. The Morgan fingerprint density at radius 3 is 2.57 bits per heavy atom. The summed E-state index contributed by atoms with van der Waals surface area (Å²) in [5.74, 6) is -0.746. The first kappa shape index (κ1) is 27.6. The number of rotatable bonds is 9. The van der Waals surface area contributed by atoms with Gasteiger partial charge < -0.3 is 29.2 Å². The van der Waals surface area contributed by atoms with E-state index in [2.05, 4.69) is 20.3 Å². The topological polar surface area (TPSA) is 160 Å². The van der Waals surface area contributed by atoms with Gasteiger partial charge in [0.1, 0.15) is 6.33 Å². The summed E-state index contributed by atoms with van der Waals surface area (Å²) in [5.41, 5.74) is 1.37. The lowest BCUT2D eigenvalue weighted by atomic mass is 9.89. The highest BCUT2D eigenvalue weighted by Crippen LogP contribution is 2.53. The molecule has 200 valence electrons. The van der Waals surface area contributed by atoms with Crippen LogP contribution in [-0.2, 0) is 9.09 Å². The van der Waals surface area contributed by atoms with Crippen molar-refractivity contribution in [2.75, 3.05) is 11.9 Å². The van der Waals surface area contributed by atoms with Gasteiger partial charge in [0.15, 0.2) is 25.3 Å². The molecule has 0 bridgehead atoms. The van der Waals surface area contributed by atoms with E-state index in [9.17, 15) is 24.2 Å². The minimum absolute atomic E-state index is 0.215. The highest BCUT2D eigenvalue weighted by Gasteiger charge is 2.50. The summed E-state index contributed by atoms with van der Waals surface area (Å²) >= 11 is 0. The lowest BCUT2D eigenvalue weighted by molar-refractivity contribution is 0.0674. The number of benzene rings is 1. The number of carbonyl (C=O) groups is 1. The molecule has 5 atom stereocenters. The summed E-state index contributed by atoms with van der Waals surface area (Å²) < 4.78 is 19.1. The van der Waals surface area contributed by atoms with Gasteiger partial charge in [0.05, 0.1) is 12.4 Å². The summed E-state index contributed by atoms with van der Waals surface area (Å²) in [7, 11) is -5.90. The Balaban J connectivity index is 1.72. The number of aromatic nitrogens is 4. The number of fused-ring (bicyclic) bond motifs is 1. The second kappa shape index (κ2) is 10.7. The van der Waals surface area contributed by atoms with E-state index >= 15 is 0 Å². The molecule has 3 aromatic rings. The van der Waals surface area contributed by atoms with Crippen LogP contribution in [0.3, 0.4) is 0 Å². The van der Waals surface area contributed by atoms with Crippen LogP contribution < -0.4 is 5.32 Å². The fraction of sp³-hybridized carbons (Fsp3) is 0.500. The predicted octanol–water partition coefficient (Wildman–Crippen LogP) is 3.38. The molecule has 0 spiro atoms. The molecule has 37 heavy (non-hydrogen) atoms. The predicted molar refractivity (Wildman–Crippen MR) is 142 cm³/mol. The molecule has 13 heteroatoms. The molecule has 1 amide bonds. The Morgan fingerprint density at radius 2 is 1.95 bits per heavy atom.